The Morgan fingerprint density at radius 3 is 2.07 bits per heavy atom. The van der Waals surface area contributed by atoms with Crippen molar-refractivity contribution in [2.45, 2.75) is 45.8 Å². The maximum Gasteiger partial charge on any atom is 0.494 e. The molecule has 0 aliphatic carbocycles. The van der Waals surface area contributed by atoms with Crippen LogP contribution in [0.4, 0.5) is 17.1 Å². The third-order valence-electron chi connectivity index (χ3n) is 5.32. The number of anilines is 3. The minimum atomic E-state index is -0.548. The topological polar surface area (TPSA) is 103 Å². The van der Waals surface area contributed by atoms with Gasteiger partial charge in [-0.2, -0.15) is 0 Å². The maximum atomic E-state index is 12.6. The highest BCUT2D eigenvalue weighted by Gasteiger charge is 2.51. The second-order valence-electron chi connectivity index (χ2n) is 8.15. The molecule has 0 spiro atoms. The second-order valence-corrected chi connectivity index (χ2v) is 8.15. The molecular formula is C21H26BN3O4. The van der Waals surface area contributed by atoms with Crippen LogP contribution in [-0.2, 0) is 14.1 Å². The summed E-state index contributed by atoms with van der Waals surface area (Å²) < 4.78 is 12.1. The Labute approximate surface area is 171 Å². The Morgan fingerprint density at radius 1 is 0.931 bits per heavy atom. The van der Waals surface area contributed by atoms with Crippen LogP contribution in [0.3, 0.4) is 0 Å². The van der Waals surface area contributed by atoms with Gasteiger partial charge in [-0.05, 0) is 69.6 Å². The molecule has 1 fully saturated rings. The Balaban J connectivity index is 1.77. The van der Waals surface area contributed by atoms with E-state index in [9.17, 15) is 9.59 Å². The van der Waals surface area contributed by atoms with E-state index in [1.54, 1.807) is 36.4 Å². The van der Waals surface area contributed by atoms with E-state index in [4.69, 9.17) is 15.0 Å². The highest BCUT2D eigenvalue weighted by atomic mass is 16.7. The minimum Gasteiger partial charge on any atom is -0.399 e. The Morgan fingerprint density at radius 2 is 1.52 bits per heavy atom. The number of rotatable bonds is 4. The molecule has 1 saturated heterocycles. The van der Waals surface area contributed by atoms with Gasteiger partial charge in [0.05, 0.1) is 22.6 Å². The molecule has 8 heteroatoms. The van der Waals surface area contributed by atoms with E-state index in [0.717, 1.165) is 5.46 Å². The van der Waals surface area contributed by atoms with Gasteiger partial charge in [-0.15, -0.1) is 0 Å². The monoisotopic (exact) mass is 395 g/mol. The third kappa shape index (κ3) is 4.44. The zero-order valence-electron chi connectivity index (χ0n) is 17.3. The lowest BCUT2D eigenvalue weighted by Crippen LogP contribution is -2.41. The summed E-state index contributed by atoms with van der Waals surface area (Å²) in [6, 6.07) is 11.9. The van der Waals surface area contributed by atoms with Gasteiger partial charge in [0.2, 0.25) is 5.91 Å². The fraction of sp³-hybridized carbons (Fsp3) is 0.333. The standard InChI is InChI=1S/C21H26BN3O4/c1-13(26)24-16-9-6-14(7-10-16)19(27)25-18-12-15(8-11-17(18)23)22-28-20(2,3)21(4,5)29-22/h6-12H,23H2,1-5H3,(H,24,26)(H,25,27). The summed E-state index contributed by atoms with van der Waals surface area (Å²) in [5.41, 5.74) is 7.89. The Bertz CT molecular complexity index is 925. The number of amides is 2. The molecule has 3 rings (SSSR count). The van der Waals surface area contributed by atoms with Gasteiger partial charge in [0.1, 0.15) is 0 Å². The molecule has 0 aromatic heterocycles. The molecular weight excluding hydrogens is 369 g/mol. The van der Waals surface area contributed by atoms with Crippen molar-refractivity contribution >= 4 is 41.5 Å². The van der Waals surface area contributed by atoms with Crippen molar-refractivity contribution in [3.8, 4) is 0 Å². The largest absolute Gasteiger partial charge is 0.494 e. The van der Waals surface area contributed by atoms with Gasteiger partial charge < -0.3 is 25.7 Å². The molecule has 1 heterocycles. The van der Waals surface area contributed by atoms with Crippen molar-refractivity contribution in [2.24, 2.45) is 0 Å². The van der Waals surface area contributed by atoms with Crippen LogP contribution in [0.1, 0.15) is 45.0 Å². The molecule has 0 bridgehead atoms. The van der Waals surface area contributed by atoms with E-state index in [1.165, 1.54) is 6.92 Å². The number of carbonyl (C=O) groups excluding carboxylic acids is 2. The van der Waals surface area contributed by atoms with E-state index >= 15 is 0 Å². The lowest BCUT2D eigenvalue weighted by Gasteiger charge is -2.32. The molecule has 4 N–H and O–H groups in total. The first-order valence-electron chi connectivity index (χ1n) is 9.42. The summed E-state index contributed by atoms with van der Waals surface area (Å²) in [6.07, 6.45) is 0. The smallest absolute Gasteiger partial charge is 0.399 e. The summed E-state index contributed by atoms with van der Waals surface area (Å²) in [7, 11) is -0.548. The molecule has 0 saturated carbocycles. The zero-order chi connectivity index (χ0) is 21.4. The van der Waals surface area contributed by atoms with Gasteiger partial charge in [0.15, 0.2) is 0 Å². The maximum absolute atomic E-state index is 12.6. The van der Waals surface area contributed by atoms with E-state index in [1.807, 2.05) is 33.8 Å². The van der Waals surface area contributed by atoms with Crippen LogP contribution in [0, 0.1) is 0 Å². The molecule has 0 atom stereocenters. The molecule has 29 heavy (non-hydrogen) atoms. The summed E-state index contributed by atoms with van der Waals surface area (Å²) in [5, 5.41) is 5.49. The first kappa shape index (κ1) is 20.9. The van der Waals surface area contributed by atoms with Gasteiger partial charge in [0.25, 0.3) is 5.91 Å². The van der Waals surface area contributed by atoms with E-state index in [-0.39, 0.29) is 11.8 Å². The van der Waals surface area contributed by atoms with Gasteiger partial charge >= 0.3 is 7.12 Å². The predicted molar refractivity (Wildman–Crippen MR) is 115 cm³/mol. The average Bonchev–Trinajstić information content (AvgIpc) is 2.84. The number of nitrogens with two attached hydrogens (primary N) is 1. The number of benzene rings is 2. The summed E-state index contributed by atoms with van der Waals surface area (Å²) in [4.78, 5) is 23.7. The van der Waals surface area contributed by atoms with E-state index in [0.29, 0.717) is 22.6 Å². The molecule has 7 nitrogen and oxygen atoms in total. The molecule has 2 amide bonds. The normalized spacial score (nSPS) is 17.1. The van der Waals surface area contributed by atoms with Crippen LogP contribution < -0.4 is 21.8 Å². The molecule has 0 radical (unpaired) electrons. The lowest BCUT2D eigenvalue weighted by atomic mass is 9.79. The Kier molecular flexibility index (Phi) is 5.43. The van der Waals surface area contributed by atoms with Crippen LogP contribution in [0.25, 0.3) is 0 Å². The molecule has 2 aromatic carbocycles. The van der Waals surface area contributed by atoms with Crippen molar-refractivity contribution in [3.63, 3.8) is 0 Å². The SMILES string of the molecule is CC(=O)Nc1ccc(C(=O)Nc2cc(B3OC(C)(C)C(C)(C)O3)ccc2N)cc1. The fourth-order valence-corrected chi connectivity index (χ4v) is 2.91. The van der Waals surface area contributed by atoms with E-state index < -0.39 is 18.3 Å². The van der Waals surface area contributed by atoms with Gasteiger partial charge in [-0.3, -0.25) is 9.59 Å². The minimum absolute atomic E-state index is 0.172. The Hall–Kier alpha value is -2.84. The summed E-state index contributed by atoms with van der Waals surface area (Å²) in [5.74, 6) is -0.480. The van der Waals surface area contributed by atoms with Crippen LogP contribution in [0.15, 0.2) is 42.5 Å². The first-order valence-corrected chi connectivity index (χ1v) is 9.42. The molecule has 2 aromatic rings. The number of carbonyl (C=O) groups is 2. The molecule has 1 aliphatic heterocycles. The van der Waals surface area contributed by atoms with Crippen LogP contribution in [-0.4, -0.2) is 30.1 Å². The number of nitrogen functional groups attached to an aromatic ring is 1. The van der Waals surface area contributed by atoms with Crippen molar-refractivity contribution in [3.05, 3.63) is 48.0 Å². The number of nitrogens with one attached hydrogen (secondary N) is 2. The average molecular weight is 395 g/mol. The molecule has 1 aliphatic rings. The highest BCUT2D eigenvalue weighted by Crippen LogP contribution is 2.36. The number of hydrogen-bond acceptors (Lipinski definition) is 5. The van der Waals surface area contributed by atoms with Crippen LogP contribution >= 0.6 is 0 Å². The van der Waals surface area contributed by atoms with E-state index in [2.05, 4.69) is 10.6 Å². The fourth-order valence-electron chi connectivity index (χ4n) is 2.91. The van der Waals surface area contributed by atoms with Crippen molar-refractivity contribution < 1.29 is 18.9 Å². The van der Waals surface area contributed by atoms with Crippen molar-refractivity contribution in [1.29, 1.82) is 0 Å². The van der Waals surface area contributed by atoms with Gasteiger partial charge in [-0.25, -0.2) is 0 Å². The summed E-state index contributed by atoms with van der Waals surface area (Å²) >= 11 is 0. The van der Waals surface area contributed by atoms with Gasteiger partial charge in [-0.1, -0.05) is 6.07 Å². The highest BCUT2D eigenvalue weighted by molar-refractivity contribution is 6.62. The summed E-state index contributed by atoms with van der Waals surface area (Å²) in [6.45, 7) is 9.36. The van der Waals surface area contributed by atoms with Crippen LogP contribution in [0.5, 0.6) is 0 Å². The third-order valence-corrected chi connectivity index (χ3v) is 5.32. The predicted octanol–water partition coefficient (Wildman–Crippen LogP) is 2.78. The van der Waals surface area contributed by atoms with Crippen molar-refractivity contribution in [1.82, 2.24) is 0 Å². The second kappa shape index (κ2) is 7.53. The first-order chi connectivity index (χ1) is 13.5. The quantitative estimate of drug-likeness (QED) is 0.546. The molecule has 152 valence electrons. The zero-order valence-corrected chi connectivity index (χ0v) is 17.3. The van der Waals surface area contributed by atoms with Crippen molar-refractivity contribution in [2.75, 3.05) is 16.4 Å². The van der Waals surface area contributed by atoms with Gasteiger partial charge in [0, 0.05) is 18.2 Å². The lowest BCUT2D eigenvalue weighted by molar-refractivity contribution is -0.114. The molecule has 0 unspecified atom stereocenters. The van der Waals surface area contributed by atoms with Crippen LogP contribution in [0.2, 0.25) is 0 Å². The number of hydrogen-bond donors (Lipinski definition) is 3.